The van der Waals surface area contributed by atoms with E-state index in [4.69, 9.17) is 19.9 Å². The second kappa shape index (κ2) is 14.8. The van der Waals surface area contributed by atoms with Gasteiger partial charge in [-0.25, -0.2) is 4.79 Å². The molecule has 0 aliphatic heterocycles. The van der Waals surface area contributed by atoms with E-state index in [1.165, 1.54) is 0 Å². The topological polar surface area (TPSA) is 110 Å². The molecular formula is C18H36N3O5-. The van der Waals surface area contributed by atoms with Crippen LogP contribution in [0.5, 0.6) is 0 Å². The van der Waals surface area contributed by atoms with Gasteiger partial charge in [0.1, 0.15) is 5.60 Å². The van der Waals surface area contributed by atoms with Crippen LogP contribution in [-0.2, 0) is 19.0 Å². The molecule has 8 nitrogen and oxygen atoms in total. The van der Waals surface area contributed by atoms with Crippen molar-refractivity contribution < 1.29 is 23.8 Å². The first-order chi connectivity index (χ1) is 12.3. The third-order valence-electron chi connectivity index (χ3n) is 3.25. The number of carbonyl (C=O) groups is 2. The van der Waals surface area contributed by atoms with Crippen molar-refractivity contribution in [3.8, 4) is 0 Å². The van der Waals surface area contributed by atoms with Crippen LogP contribution in [0.3, 0.4) is 0 Å². The van der Waals surface area contributed by atoms with E-state index in [2.05, 4.69) is 17.6 Å². The summed E-state index contributed by atoms with van der Waals surface area (Å²) >= 11 is 0. The third kappa shape index (κ3) is 16.1. The molecule has 0 fully saturated rings. The van der Waals surface area contributed by atoms with Gasteiger partial charge in [0.2, 0.25) is 5.91 Å². The standard InChI is InChI=1S/C18H36N3O5/c1-5-6-7-8-15(19)16(22)20-9-11-24-13-14-25-12-10-21-17(23)26-18(2,3)4/h15,19H,5-14H2,1-4H3,(H,20,22)(H,21,23)/q-1. The predicted molar refractivity (Wildman–Crippen MR) is 101 cm³/mol. The largest absolute Gasteiger partial charge is 0.667 e. The van der Waals surface area contributed by atoms with Gasteiger partial charge in [0.25, 0.3) is 0 Å². The number of alkyl carbamates (subject to hydrolysis) is 1. The SMILES string of the molecule is CCCCCC([NH-])C(=O)NCCOCCOCCNC(=O)OC(C)(C)C. The maximum absolute atomic E-state index is 11.7. The summed E-state index contributed by atoms with van der Waals surface area (Å²) in [6, 6.07) is -0.692. The Morgan fingerprint density at radius 2 is 1.54 bits per heavy atom. The lowest BCUT2D eigenvalue weighted by atomic mass is 10.1. The number of nitrogens with one attached hydrogen (secondary N) is 3. The molecule has 154 valence electrons. The molecule has 0 saturated carbocycles. The molecule has 1 unspecified atom stereocenters. The van der Waals surface area contributed by atoms with Crippen LogP contribution in [0.1, 0.15) is 53.4 Å². The van der Waals surface area contributed by atoms with Gasteiger partial charge in [0.15, 0.2) is 0 Å². The van der Waals surface area contributed by atoms with E-state index in [1.807, 2.05) is 0 Å². The number of ether oxygens (including phenoxy) is 3. The highest BCUT2D eigenvalue weighted by Gasteiger charge is 2.15. The van der Waals surface area contributed by atoms with Gasteiger partial charge in [-0.3, -0.25) is 4.79 Å². The van der Waals surface area contributed by atoms with Crippen molar-refractivity contribution >= 4 is 12.0 Å². The Kier molecular flexibility index (Phi) is 14.0. The lowest BCUT2D eigenvalue weighted by molar-refractivity contribution is -0.121. The van der Waals surface area contributed by atoms with Crippen LogP contribution in [0.4, 0.5) is 4.79 Å². The smallest absolute Gasteiger partial charge is 0.407 e. The molecule has 0 aliphatic carbocycles. The highest BCUT2D eigenvalue weighted by Crippen LogP contribution is 2.06. The molecule has 0 heterocycles. The fourth-order valence-electron chi connectivity index (χ4n) is 1.96. The number of rotatable bonds is 14. The molecule has 2 amide bonds. The van der Waals surface area contributed by atoms with Crippen molar-refractivity contribution in [1.82, 2.24) is 10.6 Å². The highest BCUT2D eigenvalue weighted by atomic mass is 16.6. The molecule has 0 saturated heterocycles. The Labute approximate surface area is 157 Å². The first-order valence-electron chi connectivity index (χ1n) is 9.37. The van der Waals surface area contributed by atoms with Gasteiger partial charge in [-0.15, -0.1) is 0 Å². The Balaban J connectivity index is 3.41. The van der Waals surface area contributed by atoms with Crippen LogP contribution >= 0.6 is 0 Å². The van der Waals surface area contributed by atoms with Crippen molar-refractivity contribution in [3.05, 3.63) is 5.73 Å². The van der Waals surface area contributed by atoms with E-state index < -0.39 is 17.7 Å². The Bertz CT molecular complexity index is 386. The average molecular weight is 375 g/mol. The Hall–Kier alpha value is -1.38. The maximum Gasteiger partial charge on any atom is 0.407 e. The number of hydrogen-bond donors (Lipinski definition) is 2. The van der Waals surface area contributed by atoms with E-state index in [1.54, 1.807) is 20.8 Å². The van der Waals surface area contributed by atoms with Crippen molar-refractivity contribution in [2.24, 2.45) is 0 Å². The van der Waals surface area contributed by atoms with Gasteiger partial charge in [0, 0.05) is 13.1 Å². The van der Waals surface area contributed by atoms with Gasteiger partial charge < -0.3 is 30.6 Å². The Morgan fingerprint density at radius 1 is 0.962 bits per heavy atom. The monoisotopic (exact) mass is 374 g/mol. The number of amides is 2. The summed E-state index contributed by atoms with van der Waals surface area (Å²) in [6.45, 7) is 9.84. The molecule has 0 aromatic heterocycles. The van der Waals surface area contributed by atoms with Crippen LogP contribution in [0.2, 0.25) is 0 Å². The van der Waals surface area contributed by atoms with Crippen LogP contribution in [0.15, 0.2) is 0 Å². The normalized spacial score (nSPS) is 12.5. The molecule has 0 aromatic carbocycles. The number of unbranched alkanes of at least 4 members (excludes halogenated alkanes) is 2. The van der Waals surface area contributed by atoms with Crippen LogP contribution in [0.25, 0.3) is 5.73 Å². The van der Waals surface area contributed by atoms with E-state index >= 15 is 0 Å². The molecule has 0 spiro atoms. The van der Waals surface area contributed by atoms with Crippen molar-refractivity contribution in [2.75, 3.05) is 39.5 Å². The lowest BCUT2D eigenvalue weighted by Crippen LogP contribution is -2.35. The fraction of sp³-hybridized carbons (Fsp3) is 0.889. The van der Waals surface area contributed by atoms with E-state index in [0.29, 0.717) is 45.9 Å². The zero-order chi connectivity index (χ0) is 19.8. The summed E-state index contributed by atoms with van der Waals surface area (Å²) in [5.41, 5.74) is 7.22. The van der Waals surface area contributed by atoms with Gasteiger partial charge in [-0.05, 0) is 20.8 Å². The summed E-state index contributed by atoms with van der Waals surface area (Å²) in [4.78, 5) is 23.0. The fourth-order valence-corrected chi connectivity index (χ4v) is 1.96. The van der Waals surface area contributed by atoms with Gasteiger partial charge in [-0.2, -0.15) is 0 Å². The molecule has 26 heavy (non-hydrogen) atoms. The summed E-state index contributed by atoms with van der Waals surface area (Å²) < 4.78 is 15.8. The third-order valence-corrected chi connectivity index (χ3v) is 3.25. The number of hydrogen-bond acceptors (Lipinski definition) is 5. The van der Waals surface area contributed by atoms with E-state index in [9.17, 15) is 9.59 Å². The predicted octanol–water partition coefficient (Wildman–Crippen LogP) is 2.66. The maximum atomic E-state index is 11.7. The van der Waals surface area contributed by atoms with E-state index in [0.717, 1.165) is 19.3 Å². The number of carbonyl (C=O) groups excluding carboxylic acids is 2. The molecule has 1 atom stereocenters. The quantitative estimate of drug-likeness (QED) is 0.454. The van der Waals surface area contributed by atoms with Gasteiger partial charge >= 0.3 is 6.09 Å². The average Bonchev–Trinajstić information content (AvgIpc) is 2.54. The minimum atomic E-state index is -0.692. The Morgan fingerprint density at radius 3 is 2.08 bits per heavy atom. The molecule has 0 radical (unpaired) electrons. The van der Waals surface area contributed by atoms with Gasteiger partial charge in [-0.1, -0.05) is 38.6 Å². The molecular weight excluding hydrogens is 338 g/mol. The zero-order valence-electron chi connectivity index (χ0n) is 16.7. The minimum Gasteiger partial charge on any atom is -0.667 e. The van der Waals surface area contributed by atoms with Crippen LogP contribution in [0, 0.1) is 0 Å². The molecule has 3 N–H and O–H groups in total. The second-order valence-corrected chi connectivity index (χ2v) is 6.99. The van der Waals surface area contributed by atoms with Gasteiger partial charge in [0.05, 0.1) is 26.4 Å². The molecule has 0 bridgehead atoms. The van der Waals surface area contributed by atoms with E-state index in [-0.39, 0.29) is 5.91 Å². The molecule has 0 rings (SSSR count). The molecule has 0 aliphatic rings. The molecule has 0 aromatic rings. The first kappa shape index (κ1) is 24.6. The summed E-state index contributed by atoms with van der Waals surface area (Å²) in [5.74, 6) is -0.242. The van der Waals surface area contributed by atoms with Crippen molar-refractivity contribution in [2.45, 2.75) is 65.0 Å². The zero-order valence-corrected chi connectivity index (χ0v) is 16.7. The second-order valence-electron chi connectivity index (χ2n) is 6.99. The summed E-state index contributed by atoms with van der Waals surface area (Å²) in [7, 11) is 0. The lowest BCUT2D eigenvalue weighted by Gasteiger charge is -2.19. The highest BCUT2D eigenvalue weighted by molar-refractivity contribution is 5.82. The van der Waals surface area contributed by atoms with Crippen molar-refractivity contribution in [1.29, 1.82) is 0 Å². The van der Waals surface area contributed by atoms with Crippen LogP contribution < -0.4 is 10.6 Å². The van der Waals surface area contributed by atoms with Crippen LogP contribution in [-0.4, -0.2) is 63.2 Å². The minimum absolute atomic E-state index is 0.242. The summed E-state index contributed by atoms with van der Waals surface area (Å²) in [6.07, 6.45) is 3.19. The molecule has 8 heteroatoms. The summed E-state index contributed by atoms with van der Waals surface area (Å²) in [5, 5.41) is 5.30. The van der Waals surface area contributed by atoms with Crippen molar-refractivity contribution in [3.63, 3.8) is 0 Å². The first-order valence-corrected chi connectivity index (χ1v) is 9.37.